The molecule has 0 aromatic heterocycles. The van der Waals surface area contributed by atoms with Gasteiger partial charge in [0.25, 0.3) is 0 Å². The first-order valence-electron chi connectivity index (χ1n) is 7.48. The van der Waals surface area contributed by atoms with Crippen LogP contribution in [0.5, 0.6) is 5.75 Å². The molecule has 20 heavy (non-hydrogen) atoms. The maximum atomic E-state index is 13.5. The Hall–Kier alpha value is -1.25. The molecule has 2 nitrogen and oxygen atoms in total. The molecule has 3 unspecified atom stereocenters. The molecule has 2 fully saturated rings. The van der Waals surface area contributed by atoms with Crippen molar-refractivity contribution in [3.05, 3.63) is 23.5 Å². The highest BCUT2D eigenvalue weighted by Crippen LogP contribution is 2.66. The Morgan fingerprint density at radius 3 is 2.55 bits per heavy atom. The van der Waals surface area contributed by atoms with Gasteiger partial charge in [0.15, 0.2) is 0 Å². The molecule has 3 heteroatoms. The lowest BCUT2D eigenvalue weighted by molar-refractivity contribution is 0.0306. The van der Waals surface area contributed by atoms with E-state index in [1.165, 1.54) is 18.9 Å². The summed E-state index contributed by atoms with van der Waals surface area (Å²) in [6.45, 7) is 8.78. The van der Waals surface area contributed by atoms with Crippen LogP contribution in [0, 0.1) is 29.5 Å². The van der Waals surface area contributed by atoms with Gasteiger partial charge in [0.1, 0.15) is 17.7 Å². The zero-order chi connectivity index (χ0) is 14.7. The van der Waals surface area contributed by atoms with E-state index in [0.717, 1.165) is 12.3 Å². The number of benzene rings is 1. The summed E-state index contributed by atoms with van der Waals surface area (Å²) in [5.41, 5.74) is 7.39. The van der Waals surface area contributed by atoms with Crippen LogP contribution in [0.3, 0.4) is 0 Å². The van der Waals surface area contributed by atoms with Gasteiger partial charge in [0.05, 0.1) is 5.69 Å². The molecule has 2 bridgehead atoms. The van der Waals surface area contributed by atoms with Gasteiger partial charge in [-0.1, -0.05) is 20.8 Å². The van der Waals surface area contributed by atoms with Gasteiger partial charge in [-0.2, -0.15) is 0 Å². The second-order valence-corrected chi connectivity index (χ2v) is 7.36. The van der Waals surface area contributed by atoms with Crippen LogP contribution in [-0.4, -0.2) is 6.10 Å². The Morgan fingerprint density at radius 2 is 2.00 bits per heavy atom. The summed E-state index contributed by atoms with van der Waals surface area (Å²) < 4.78 is 19.7. The van der Waals surface area contributed by atoms with E-state index in [1.807, 2.05) is 0 Å². The van der Waals surface area contributed by atoms with Crippen molar-refractivity contribution in [3.8, 4) is 5.75 Å². The Kier molecular flexibility index (Phi) is 2.83. The zero-order valence-corrected chi connectivity index (χ0v) is 12.8. The molecule has 110 valence electrons. The average molecular weight is 277 g/mol. The summed E-state index contributed by atoms with van der Waals surface area (Å²) in [4.78, 5) is 0. The van der Waals surface area contributed by atoms with E-state index in [9.17, 15) is 4.39 Å². The van der Waals surface area contributed by atoms with E-state index in [0.29, 0.717) is 22.4 Å². The third kappa shape index (κ3) is 1.68. The van der Waals surface area contributed by atoms with Crippen LogP contribution in [0.1, 0.15) is 45.6 Å². The van der Waals surface area contributed by atoms with Crippen molar-refractivity contribution in [1.29, 1.82) is 0 Å². The van der Waals surface area contributed by atoms with E-state index in [-0.39, 0.29) is 17.3 Å². The van der Waals surface area contributed by atoms with E-state index < -0.39 is 0 Å². The zero-order valence-electron chi connectivity index (χ0n) is 12.8. The van der Waals surface area contributed by atoms with E-state index in [2.05, 4.69) is 20.8 Å². The highest BCUT2D eigenvalue weighted by Gasteiger charge is 2.62. The predicted octanol–water partition coefficient (Wildman–Crippen LogP) is 4.31. The molecule has 0 radical (unpaired) electrons. The molecule has 0 heterocycles. The lowest BCUT2D eigenvalue weighted by Gasteiger charge is -2.39. The van der Waals surface area contributed by atoms with E-state index in [4.69, 9.17) is 10.5 Å². The van der Waals surface area contributed by atoms with Gasteiger partial charge in [0, 0.05) is 11.5 Å². The van der Waals surface area contributed by atoms with Crippen LogP contribution in [0.15, 0.2) is 12.1 Å². The molecule has 0 amide bonds. The maximum Gasteiger partial charge on any atom is 0.143 e. The highest BCUT2D eigenvalue weighted by atomic mass is 19.1. The van der Waals surface area contributed by atoms with Gasteiger partial charge < -0.3 is 10.5 Å². The lowest BCUT2D eigenvalue weighted by Crippen LogP contribution is -2.39. The minimum Gasteiger partial charge on any atom is -0.488 e. The Morgan fingerprint density at radius 1 is 1.30 bits per heavy atom. The van der Waals surface area contributed by atoms with Crippen molar-refractivity contribution < 1.29 is 9.13 Å². The molecule has 1 aromatic carbocycles. The predicted molar refractivity (Wildman–Crippen MR) is 79.2 cm³/mol. The molecule has 2 N–H and O–H groups in total. The first-order chi connectivity index (χ1) is 9.25. The number of anilines is 1. The third-order valence-corrected chi connectivity index (χ3v) is 6.27. The quantitative estimate of drug-likeness (QED) is 0.817. The molecule has 2 saturated carbocycles. The van der Waals surface area contributed by atoms with Crippen molar-refractivity contribution in [2.24, 2.45) is 16.7 Å². The highest BCUT2D eigenvalue weighted by molar-refractivity contribution is 5.54. The summed E-state index contributed by atoms with van der Waals surface area (Å²) in [5.74, 6) is 1.09. The Labute approximate surface area is 120 Å². The molecule has 0 spiro atoms. The Bertz CT molecular complexity index is 554. The summed E-state index contributed by atoms with van der Waals surface area (Å²) in [5, 5.41) is 0. The average Bonchev–Trinajstić information content (AvgIpc) is 2.69. The van der Waals surface area contributed by atoms with Gasteiger partial charge in [-0.15, -0.1) is 0 Å². The van der Waals surface area contributed by atoms with E-state index >= 15 is 0 Å². The first kappa shape index (κ1) is 13.7. The lowest BCUT2D eigenvalue weighted by atomic mass is 9.70. The van der Waals surface area contributed by atoms with Gasteiger partial charge >= 0.3 is 0 Å². The van der Waals surface area contributed by atoms with Crippen LogP contribution in [-0.2, 0) is 0 Å². The van der Waals surface area contributed by atoms with Gasteiger partial charge in [-0.05, 0) is 49.1 Å². The largest absolute Gasteiger partial charge is 0.488 e. The number of hydrogen-bond donors (Lipinski definition) is 1. The van der Waals surface area contributed by atoms with Crippen LogP contribution >= 0.6 is 0 Å². The fourth-order valence-electron chi connectivity index (χ4n) is 4.23. The molecular formula is C17H24FNO. The molecule has 3 rings (SSSR count). The second kappa shape index (κ2) is 4.12. The minimum atomic E-state index is -0.269. The number of hydrogen-bond acceptors (Lipinski definition) is 2. The molecule has 0 aliphatic heterocycles. The van der Waals surface area contributed by atoms with Crippen molar-refractivity contribution in [2.75, 3.05) is 5.73 Å². The standard InChI is InChI=1S/C17H24FNO/c1-10-7-14(13(19)9-12(10)18)20-15-8-11-5-6-17(15,4)16(11,2)3/h7,9,11,15H,5-6,8,19H2,1-4H3. The van der Waals surface area contributed by atoms with Gasteiger partial charge in [0.2, 0.25) is 0 Å². The third-order valence-electron chi connectivity index (χ3n) is 6.27. The smallest absolute Gasteiger partial charge is 0.143 e. The second-order valence-electron chi connectivity index (χ2n) is 7.36. The molecular weight excluding hydrogens is 253 g/mol. The van der Waals surface area contributed by atoms with Gasteiger partial charge in [-0.3, -0.25) is 0 Å². The summed E-state index contributed by atoms with van der Waals surface area (Å²) in [7, 11) is 0. The minimum absolute atomic E-state index is 0.184. The monoisotopic (exact) mass is 277 g/mol. The van der Waals surface area contributed by atoms with Crippen LogP contribution in [0.25, 0.3) is 0 Å². The van der Waals surface area contributed by atoms with Crippen molar-refractivity contribution in [2.45, 2.75) is 53.1 Å². The number of aryl methyl sites for hydroxylation is 1. The van der Waals surface area contributed by atoms with Crippen molar-refractivity contribution >= 4 is 5.69 Å². The van der Waals surface area contributed by atoms with Crippen LogP contribution in [0.4, 0.5) is 10.1 Å². The molecule has 3 atom stereocenters. The van der Waals surface area contributed by atoms with Crippen molar-refractivity contribution in [3.63, 3.8) is 0 Å². The molecule has 1 aromatic rings. The van der Waals surface area contributed by atoms with E-state index in [1.54, 1.807) is 13.0 Å². The fourth-order valence-corrected chi connectivity index (χ4v) is 4.23. The fraction of sp³-hybridized carbons (Fsp3) is 0.647. The number of ether oxygens (including phenoxy) is 1. The SMILES string of the molecule is Cc1cc(OC2CC3CCC2(C)C3(C)C)c(N)cc1F. The molecule has 2 aliphatic carbocycles. The topological polar surface area (TPSA) is 35.2 Å². The molecule has 0 saturated heterocycles. The first-order valence-corrected chi connectivity index (χ1v) is 7.48. The normalized spacial score (nSPS) is 34.5. The molecule has 2 aliphatic rings. The Balaban J connectivity index is 1.89. The van der Waals surface area contributed by atoms with Gasteiger partial charge in [-0.25, -0.2) is 4.39 Å². The number of fused-ring (bicyclic) bond motifs is 2. The van der Waals surface area contributed by atoms with Crippen LogP contribution < -0.4 is 10.5 Å². The number of rotatable bonds is 2. The summed E-state index contributed by atoms with van der Waals surface area (Å²) >= 11 is 0. The summed E-state index contributed by atoms with van der Waals surface area (Å²) in [6.07, 6.45) is 3.76. The van der Waals surface area contributed by atoms with Crippen LogP contribution in [0.2, 0.25) is 0 Å². The number of nitrogens with two attached hydrogens (primary N) is 1. The number of nitrogen functional groups attached to an aromatic ring is 1. The maximum absolute atomic E-state index is 13.5. The summed E-state index contributed by atoms with van der Waals surface area (Å²) in [6, 6.07) is 3.10. The van der Waals surface area contributed by atoms with Crippen molar-refractivity contribution in [1.82, 2.24) is 0 Å². The number of halogens is 1.